The fourth-order valence-corrected chi connectivity index (χ4v) is 3.77. The Morgan fingerprint density at radius 1 is 1.26 bits per heavy atom. The number of piperidine rings is 1. The van der Waals surface area contributed by atoms with Gasteiger partial charge in [0.1, 0.15) is 0 Å². The van der Waals surface area contributed by atoms with Gasteiger partial charge in [-0.05, 0) is 49.3 Å². The van der Waals surface area contributed by atoms with Crippen molar-refractivity contribution in [3.05, 3.63) is 34.9 Å². The van der Waals surface area contributed by atoms with Gasteiger partial charge in [-0.2, -0.15) is 0 Å². The molecule has 126 valence electrons. The van der Waals surface area contributed by atoms with Crippen LogP contribution in [0.4, 0.5) is 0 Å². The van der Waals surface area contributed by atoms with Crippen LogP contribution in [0, 0.1) is 5.92 Å². The predicted molar refractivity (Wildman–Crippen MR) is 94.8 cm³/mol. The lowest BCUT2D eigenvalue weighted by molar-refractivity contribution is -0.124. The van der Waals surface area contributed by atoms with Crippen molar-refractivity contribution in [3.8, 4) is 0 Å². The second-order valence-corrected chi connectivity index (χ2v) is 7.97. The number of hydrogen-bond donors (Lipinski definition) is 1. The summed E-state index contributed by atoms with van der Waals surface area (Å²) in [6.07, 6.45) is 4.03. The molecule has 3 rings (SSSR count). The predicted octanol–water partition coefficient (Wildman–Crippen LogP) is 3.61. The van der Waals surface area contributed by atoms with E-state index in [9.17, 15) is 4.79 Å². The Morgan fingerprint density at radius 3 is 2.39 bits per heavy atom. The average Bonchev–Trinajstić information content (AvgIpc) is 3.31. The lowest BCUT2D eigenvalue weighted by Crippen LogP contribution is -2.48. The van der Waals surface area contributed by atoms with Crippen molar-refractivity contribution in [2.24, 2.45) is 5.92 Å². The van der Waals surface area contributed by atoms with E-state index in [0.29, 0.717) is 12.0 Å². The molecule has 0 bridgehead atoms. The van der Waals surface area contributed by atoms with Crippen LogP contribution < -0.4 is 5.32 Å². The van der Waals surface area contributed by atoms with Crippen molar-refractivity contribution in [1.82, 2.24) is 10.2 Å². The number of halogens is 1. The van der Waals surface area contributed by atoms with Crippen LogP contribution in [0.15, 0.2) is 24.3 Å². The minimum Gasteiger partial charge on any atom is -0.353 e. The van der Waals surface area contributed by atoms with Gasteiger partial charge in [0.05, 0.1) is 5.41 Å². The minimum atomic E-state index is -0.292. The summed E-state index contributed by atoms with van der Waals surface area (Å²) < 4.78 is 0. The van der Waals surface area contributed by atoms with E-state index in [0.717, 1.165) is 55.9 Å². The molecule has 1 amide bonds. The Hall–Kier alpha value is -1.06. The number of nitrogens with one attached hydrogen (secondary N) is 1. The van der Waals surface area contributed by atoms with Crippen LogP contribution in [-0.4, -0.2) is 36.5 Å². The lowest BCUT2D eigenvalue weighted by Gasteiger charge is -2.34. The summed E-state index contributed by atoms with van der Waals surface area (Å²) in [7, 11) is 0. The van der Waals surface area contributed by atoms with Gasteiger partial charge in [-0.3, -0.25) is 4.79 Å². The molecular formula is C19H27ClN2O. The summed E-state index contributed by atoms with van der Waals surface area (Å²) in [5, 5.41) is 4.03. The van der Waals surface area contributed by atoms with E-state index >= 15 is 0 Å². The molecule has 1 aliphatic carbocycles. The van der Waals surface area contributed by atoms with Crippen molar-refractivity contribution >= 4 is 17.5 Å². The molecular weight excluding hydrogens is 308 g/mol. The number of hydrogen-bond acceptors (Lipinski definition) is 2. The van der Waals surface area contributed by atoms with Crippen LogP contribution in [0.3, 0.4) is 0 Å². The van der Waals surface area contributed by atoms with Gasteiger partial charge in [0.25, 0.3) is 0 Å². The third-order valence-electron chi connectivity index (χ3n) is 5.13. The van der Waals surface area contributed by atoms with E-state index < -0.39 is 0 Å². The third kappa shape index (κ3) is 3.89. The van der Waals surface area contributed by atoms with Gasteiger partial charge in [-0.25, -0.2) is 0 Å². The Kier molecular flexibility index (Phi) is 4.98. The molecule has 1 saturated heterocycles. The maximum Gasteiger partial charge on any atom is 0.230 e. The maximum atomic E-state index is 12.8. The zero-order valence-corrected chi connectivity index (χ0v) is 14.9. The van der Waals surface area contributed by atoms with Crippen molar-refractivity contribution in [3.63, 3.8) is 0 Å². The van der Waals surface area contributed by atoms with Crippen molar-refractivity contribution in [2.45, 2.75) is 51.0 Å². The third-order valence-corrected chi connectivity index (χ3v) is 5.38. The average molecular weight is 335 g/mol. The topological polar surface area (TPSA) is 32.3 Å². The molecule has 1 saturated carbocycles. The highest BCUT2D eigenvalue weighted by atomic mass is 35.5. The van der Waals surface area contributed by atoms with Crippen molar-refractivity contribution in [1.29, 1.82) is 0 Å². The monoisotopic (exact) mass is 334 g/mol. The Balaban J connectivity index is 1.55. The maximum absolute atomic E-state index is 12.8. The van der Waals surface area contributed by atoms with Gasteiger partial charge in [0, 0.05) is 30.7 Å². The molecule has 23 heavy (non-hydrogen) atoms. The Morgan fingerprint density at radius 2 is 1.87 bits per heavy atom. The summed E-state index contributed by atoms with van der Waals surface area (Å²) in [6, 6.07) is 8.10. The van der Waals surface area contributed by atoms with Crippen molar-refractivity contribution < 1.29 is 4.79 Å². The first-order valence-electron chi connectivity index (χ1n) is 8.79. The van der Waals surface area contributed by atoms with Crippen LogP contribution in [0.2, 0.25) is 5.02 Å². The second kappa shape index (κ2) is 6.82. The first-order valence-corrected chi connectivity index (χ1v) is 9.17. The molecule has 0 spiro atoms. The molecule has 1 N–H and O–H groups in total. The normalized spacial score (nSPS) is 21.4. The summed E-state index contributed by atoms with van der Waals surface area (Å²) >= 11 is 5.96. The number of rotatable bonds is 5. The van der Waals surface area contributed by atoms with E-state index in [-0.39, 0.29) is 11.3 Å². The Labute approximate surface area is 144 Å². The molecule has 1 heterocycles. The highest BCUT2D eigenvalue weighted by molar-refractivity contribution is 6.30. The summed E-state index contributed by atoms with van der Waals surface area (Å²) in [4.78, 5) is 15.3. The number of benzene rings is 1. The zero-order valence-electron chi connectivity index (χ0n) is 14.1. The van der Waals surface area contributed by atoms with Gasteiger partial charge in [0.2, 0.25) is 5.91 Å². The van der Waals surface area contributed by atoms with Crippen LogP contribution in [0.1, 0.15) is 45.1 Å². The molecule has 4 heteroatoms. The molecule has 0 unspecified atom stereocenters. The smallest absolute Gasteiger partial charge is 0.230 e. The van der Waals surface area contributed by atoms with Crippen LogP contribution >= 0.6 is 11.6 Å². The number of carbonyl (C=O) groups excluding carboxylic acids is 1. The van der Waals surface area contributed by atoms with E-state index in [1.165, 1.54) is 0 Å². The van der Waals surface area contributed by atoms with Gasteiger partial charge in [-0.1, -0.05) is 37.6 Å². The van der Waals surface area contributed by atoms with Crippen LogP contribution in [0.25, 0.3) is 0 Å². The molecule has 1 aromatic carbocycles. The lowest BCUT2D eigenvalue weighted by atomic mass is 9.94. The van der Waals surface area contributed by atoms with E-state index in [1.54, 1.807) is 0 Å². The first-order chi connectivity index (χ1) is 11.0. The highest BCUT2D eigenvalue weighted by Gasteiger charge is 2.51. The summed E-state index contributed by atoms with van der Waals surface area (Å²) in [6.45, 7) is 7.87. The second-order valence-electron chi connectivity index (χ2n) is 7.53. The highest BCUT2D eigenvalue weighted by Crippen LogP contribution is 2.48. The van der Waals surface area contributed by atoms with Gasteiger partial charge >= 0.3 is 0 Å². The van der Waals surface area contributed by atoms with Gasteiger partial charge in [-0.15, -0.1) is 0 Å². The Bertz CT molecular complexity index is 543. The molecule has 2 aliphatic rings. The fraction of sp³-hybridized carbons (Fsp3) is 0.632. The molecule has 3 nitrogen and oxygen atoms in total. The van der Waals surface area contributed by atoms with Crippen LogP contribution in [-0.2, 0) is 10.2 Å². The number of carbonyl (C=O) groups is 1. The summed E-state index contributed by atoms with van der Waals surface area (Å²) in [5.41, 5.74) is 0.816. The number of amides is 1. The zero-order chi connectivity index (χ0) is 16.4. The minimum absolute atomic E-state index is 0.210. The molecule has 1 aromatic rings. The van der Waals surface area contributed by atoms with E-state index in [1.807, 2.05) is 24.3 Å². The van der Waals surface area contributed by atoms with E-state index in [2.05, 4.69) is 24.1 Å². The van der Waals surface area contributed by atoms with Crippen molar-refractivity contribution in [2.75, 3.05) is 19.6 Å². The molecule has 2 fully saturated rings. The summed E-state index contributed by atoms with van der Waals surface area (Å²) in [5.74, 6) is 0.919. The first kappa shape index (κ1) is 16.8. The SMILES string of the molecule is CC(C)CN1CCC(NC(=O)C2(c3ccc(Cl)cc3)CC2)CC1. The van der Waals surface area contributed by atoms with Gasteiger partial charge in [0.15, 0.2) is 0 Å². The largest absolute Gasteiger partial charge is 0.353 e. The fourth-order valence-electron chi connectivity index (χ4n) is 3.64. The standard InChI is InChI=1S/C19H27ClN2O/c1-14(2)13-22-11-7-17(8-12-22)21-18(23)19(9-10-19)15-3-5-16(20)6-4-15/h3-6,14,17H,7-13H2,1-2H3,(H,21,23). The molecule has 0 aromatic heterocycles. The number of nitrogens with zero attached hydrogens (tertiary/aromatic N) is 1. The van der Waals surface area contributed by atoms with E-state index in [4.69, 9.17) is 11.6 Å². The quantitative estimate of drug-likeness (QED) is 0.892. The number of likely N-dealkylation sites (tertiary alicyclic amines) is 1. The van der Waals surface area contributed by atoms with Gasteiger partial charge < -0.3 is 10.2 Å². The molecule has 0 radical (unpaired) electrons. The molecule has 0 atom stereocenters. The van der Waals surface area contributed by atoms with Crippen LogP contribution in [0.5, 0.6) is 0 Å². The molecule has 1 aliphatic heterocycles.